The van der Waals surface area contributed by atoms with E-state index < -0.39 is 0 Å². The average molecular weight is 257 g/mol. The lowest BCUT2D eigenvalue weighted by molar-refractivity contribution is 0.238. The zero-order valence-electron chi connectivity index (χ0n) is 12.7. The number of hydrogen-bond acceptors (Lipinski definition) is 2. The first-order valence-corrected chi connectivity index (χ1v) is 8.19. The van der Waals surface area contributed by atoms with Gasteiger partial charge in [-0.05, 0) is 19.4 Å². The SMILES string of the molecule is CCCCCCCCCCCCN[C@H](CC)CO. The summed E-state index contributed by atoms with van der Waals surface area (Å²) in [6.45, 7) is 5.73. The molecule has 0 bridgehead atoms. The van der Waals surface area contributed by atoms with Crippen LogP contribution >= 0.6 is 0 Å². The Hall–Kier alpha value is -0.0800. The molecule has 0 spiro atoms. The maximum atomic E-state index is 9.02. The molecule has 0 aromatic heterocycles. The average Bonchev–Trinajstić information content (AvgIpc) is 2.40. The van der Waals surface area contributed by atoms with Gasteiger partial charge in [-0.2, -0.15) is 0 Å². The zero-order valence-corrected chi connectivity index (χ0v) is 12.7. The van der Waals surface area contributed by atoms with Gasteiger partial charge in [0.05, 0.1) is 6.61 Å². The van der Waals surface area contributed by atoms with Crippen LogP contribution in [0.1, 0.15) is 84.5 Å². The molecule has 0 saturated carbocycles. The predicted molar refractivity (Wildman–Crippen MR) is 81.0 cm³/mol. The lowest BCUT2D eigenvalue weighted by atomic mass is 10.1. The minimum absolute atomic E-state index is 0.272. The largest absolute Gasteiger partial charge is 0.395 e. The first kappa shape index (κ1) is 17.9. The first-order valence-electron chi connectivity index (χ1n) is 8.19. The second kappa shape index (κ2) is 15.0. The number of rotatable bonds is 14. The van der Waals surface area contributed by atoms with Crippen LogP contribution in [0.4, 0.5) is 0 Å². The topological polar surface area (TPSA) is 32.3 Å². The first-order chi connectivity index (χ1) is 8.85. The van der Waals surface area contributed by atoms with E-state index in [9.17, 15) is 0 Å². The summed E-state index contributed by atoms with van der Waals surface area (Å²) in [6, 6.07) is 0.309. The molecular weight excluding hydrogens is 222 g/mol. The van der Waals surface area contributed by atoms with Crippen molar-refractivity contribution in [2.75, 3.05) is 13.2 Å². The van der Waals surface area contributed by atoms with Gasteiger partial charge in [0.1, 0.15) is 0 Å². The molecule has 0 unspecified atom stereocenters. The third-order valence-electron chi connectivity index (χ3n) is 3.68. The summed E-state index contributed by atoms with van der Waals surface area (Å²) in [5.41, 5.74) is 0. The van der Waals surface area contributed by atoms with Gasteiger partial charge in [-0.15, -0.1) is 0 Å². The normalized spacial score (nSPS) is 12.8. The molecule has 2 heteroatoms. The summed E-state index contributed by atoms with van der Waals surface area (Å²) < 4.78 is 0. The zero-order chi connectivity index (χ0) is 13.5. The van der Waals surface area contributed by atoms with Crippen LogP contribution in [0.5, 0.6) is 0 Å². The summed E-state index contributed by atoms with van der Waals surface area (Å²) in [7, 11) is 0. The molecule has 18 heavy (non-hydrogen) atoms. The number of nitrogens with one attached hydrogen (secondary N) is 1. The van der Waals surface area contributed by atoms with Crippen molar-refractivity contribution in [2.45, 2.75) is 90.5 Å². The molecular formula is C16H35NO. The predicted octanol–water partition coefficient (Wildman–Crippen LogP) is 4.27. The van der Waals surface area contributed by atoms with Gasteiger partial charge >= 0.3 is 0 Å². The molecule has 0 aromatic carbocycles. The molecule has 0 amide bonds. The molecule has 110 valence electrons. The van der Waals surface area contributed by atoms with Gasteiger partial charge in [0.15, 0.2) is 0 Å². The molecule has 1 atom stereocenters. The van der Waals surface area contributed by atoms with Crippen molar-refractivity contribution in [2.24, 2.45) is 0 Å². The molecule has 0 aliphatic heterocycles. The summed E-state index contributed by atoms with van der Waals surface area (Å²) in [5, 5.41) is 12.4. The standard InChI is InChI=1S/C16H35NO/c1-3-5-6-7-8-9-10-11-12-13-14-17-16(4-2)15-18/h16-18H,3-15H2,1-2H3/t16-/m1/s1. The van der Waals surface area contributed by atoms with Gasteiger partial charge in [-0.1, -0.05) is 71.6 Å². The summed E-state index contributed by atoms with van der Waals surface area (Å²) in [6.07, 6.45) is 14.9. The molecule has 2 N–H and O–H groups in total. The van der Waals surface area contributed by atoms with Crippen molar-refractivity contribution in [3.05, 3.63) is 0 Å². The summed E-state index contributed by atoms with van der Waals surface area (Å²) in [5.74, 6) is 0. The van der Waals surface area contributed by atoms with Crippen LogP contribution < -0.4 is 5.32 Å². The molecule has 0 rings (SSSR count). The van der Waals surface area contributed by atoms with Crippen molar-refractivity contribution in [3.63, 3.8) is 0 Å². The highest BCUT2D eigenvalue weighted by atomic mass is 16.3. The van der Waals surface area contributed by atoms with Crippen LogP contribution in [0, 0.1) is 0 Å². The van der Waals surface area contributed by atoms with E-state index in [-0.39, 0.29) is 6.61 Å². The van der Waals surface area contributed by atoms with E-state index in [1.807, 2.05) is 0 Å². The fraction of sp³-hybridized carbons (Fsp3) is 1.00. The van der Waals surface area contributed by atoms with Gasteiger partial charge < -0.3 is 10.4 Å². The fourth-order valence-electron chi connectivity index (χ4n) is 2.26. The Balaban J connectivity index is 3.03. The van der Waals surface area contributed by atoms with Gasteiger partial charge in [-0.25, -0.2) is 0 Å². The van der Waals surface area contributed by atoms with Crippen molar-refractivity contribution >= 4 is 0 Å². The van der Waals surface area contributed by atoms with E-state index in [1.54, 1.807) is 0 Å². The van der Waals surface area contributed by atoms with Crippen molar-refractivity contribution in [3.8, 4) is 0 Å². The van der Waals surface area contributed by atoms with E-state index in [0.717, 1.165) is 13.0 Å². The highest BCUT2D eigenvalue weighted by Gasteiger charge is 2.01. The molecule has 0 fully saturated rings. The molecule has 0 aliphatic rings. The molecule has 0 saturated heterocycles. The Morgan fingerprint density at radius 2 is 1.28 bits per heavy atom. The quantitative estimate of drug-likeness (QED) is 0.456. The number of unbranched alkanes of at least 4 members (excludes halogenated alkanes) is 9. The third-order valence-corrected chi connectivity index (χ3v) is 3.68. The highest BCUT2D eigenvalue weighted by molar-refractivity contribution is 4.62. The Kier molecular flexibility index (Phi) is 14.9. The van der Waals surface area contributed by atoms with Crippen LogP contribution in [0.3, 0.4) is 0 Å². The van der Waals surface area contributed by atoms with E-state index in [4.69, 9.17) is 5.11 Å². The molecule has 0 aliphatic carbocycles. The van der Waals surface area contributed by atoms with Crippen molar-refractivity contribution < 1.29 is 5.11 Å². The van der Waals surface area contributed by atoms with Gasteiger partial charge in [0, 0.05) is 6.04 Å². The van der Waals surface area contributed by atoms with E-state index in [2.05, 4.69) is 19.2 Å². The minimum atomic E-state index is 0.272. The monoisotopic (exact) mass is 257 g/mol. The third kappa shape index (κ3) is 12.4. The fourth-order valence-corrected chi connectivity index (χ4v) is 2.26. The number of aliphatic hydroxyl groups is 1. The maximum Gasteiger partial charge on any atom is 0.0584 e. The van der Waals surface area contributed by atoms with Gasteiger partial charge in [0.2, 0.25) is 0 Å². The smallest absolute Gasteiger partial charge is 0.0584 e. The summed E-state index contributed by atoms with van der Waals surface area (Å²) in [4.78, 5) is 0. The van der Waals surface area contributed by atoms with Crippen LogP contribution in [0.25, 0.3) is 0 Å². The van der Waals surface area contributed by atoms with E-state index in [1.165, 1.54) is 64.2 Å². The van der Waals surface area contributed by atoms with Crippen LogP contribution in [-0.4, -0.2) is 24.3 Å². The molecule has 0 aromatic rings. The van der Waals surface area contributed by atoms with Gasteiger partial charge in [0.25, 0.3) is 0 Å². The second-order valence-corrected chi connectivity index (χ2v) is 5.42. The Labute approximate surface area is 115 Å². The van der Waals surface area contributed by atoms with Crippen molar-refractivity contribution in [1.82, 2.24) is 5.32 Å². The number of aliphatic hydroxyl groups excluding tert-OH is 1. The van der Waals surface area contributed by atoms with E-state index >= 15 is 0 Å². The maximum absolute atomic E-state index is 9.02. The lowest BCUT2D eigenvalue weighted by Crippen LogP contribution is -2.32. The number of hydrogen-bond donors (Lipinski definition) is 2. The van der Waals surface area contributed by atoms with E-state index in [0.29, 0.717) is 6.04 Å². The van der Waals surface area contributed by atoms with Crippen molar-refractivity contribution in [1.29, 1.82) is 0 Å². The Morgan fingerprint density at radius 1 is 0.778 bits per heavy atom. The Morgan fingerprint density at radius 3 is 1.72 bits per heavy atom. The molecule has 2 nitrogen and oxygen atoms in total. The van der Waals surface area contributed by atoms with Gasteiger partial charge in [-0.3, -0.25) is 0 Å². The molecule has 0 radical (unpaired) electrons. The molecule has 0 heterocycles. The lowest BCUT2D eigenvalue weighted by Gasteiger charge is -2.13. The minimum Gasteiger partial charge on any atom is -0.395 e. The van der Waals surface area contributed by atoms with Crippen LogP contribution in [-0.2, 0) is 0 Å². The van der Waals surface area contributed by atoms with Crippen LogP contribution in [0.2, 0.25) is 0 Å². The van der Waals surface area contributed by atoms with Crippen LogP contribution in [0.15, 0.2) is 0 Å². The second-order valence-electron chi connectivity index (χ2n) is 5.42. The Bertz CT molecular complexity index is 146. The highest BCUT2D eigenvalue weighted by Crippen LogP contribution is 2.10. The summed E-state index contributed by atoms with van der Waals surface area (Å²) >= 11 is 0.